The van der Waals surface area contributed by atoms with Gasteiger partial charge in [-0.05, 0) is 49.1 Å². The third kappa shape index (κ3) is 2.95. The molecule has 0 saturated heterocycles. The molecule has 0 spiro atoms. The molecule has 1 heterocycles. The first-order valence-corrected chi connectivity index (χ1v) is 9.11. The van der Waals surface area contributed by atoms with Crippen LogP contribution in [0.15, 0.2) is 23.2 Å². The van der Waals surface area contributed by atoms with Gasteiger partial charge in [0.2, 0.25) is 10.0 Å². The van der Waals surface area contributed by atoms with Crippen LogP contribution < -0.4 is 10.5 Å². The molecule has 0 aromatic carbocycles. The minimum Gasteiger partial charge on any atom is -0.388 e. The number of nitrogens with two attached hydrogens (primary N) is 1. The summed E-state index contributed by atoms with van der Waals surface area (Å²) in [6.45, 7) is 0.495. The Morgan fingerprint density at radius 3 is 2.86 bits per heavy atom. The molecule has 3 N–H and O–H groups in total. The Labute approximate surface area is 130 Å². The molecule has 2 bridgehead atoms. The highest BCUT2D eigenvalue weighted by atomic mass is 32.2. The largest absolute Gasteiger partial charge is 0.388 e. The summed E-state index contributed by atoms with van der Waals surface area (Å²) in [5, 5.41) is 0. The van der Waals surface area contributed by atoms with E-state index in [1.165, 1.54) is 31.5 Å². The van der Waals surface area contributed by atoms with Crippen molar-refractivity contribution in [3.8, 4) is 0 Å². The Hall–Kier alpha value is -1.05. The molecule has 3 unspecified atom stereocenters. The first-order valence-electron chi connectivity index (χ1n) is 7.22. The van der Waals surface area contributed by atoms with E-state index in [1.54, 1.807) is 6.07 Å². The molecule has 1 aromatic heterocycles. The van der Waals surface area contributed by atoms with Crippen LogP contribution >= 0.6 is 12.2 Å². The van der Waals surface area contributed by atoms with E-state index in [0.717, 1.165) is 12.3 Å². The molecular formula is C14H19N3O2S2. The summed E-state index contributed by atoms with van der Waals surface area (Å²) in [5.41, 5.74) is 5.72. The van der Waals surface area contributed by atoms with Crippen molar-refractivity contribution < 1.29 is 8.42 Å². The predicted octanol–water partition coefficient (Wildman–Crippen LogP) is 1.43. The Morgan fingerprint density at radius 1 is 1.43 bits per heavy atom. The molecule has 2 aliphatic rings. The molecule has 21 heavy (non-hydrogen) atoms. The van der Waals surface area contributed by atoms with Gasteiger partial charge in [-0.3, -0.25) is 4.98 Å². The number of nitrogens with zero attached hydrogens (tertiary/aromatic N) is 1. The third-order valence-corrected chi connectivity index (χ3v) is 6.36. The van der Waals surface area contributed by atoms with E-state index < -0.39 is 10.0 Å². The number of hydrogen-bond donors (Lipinski definition) is 2. The van der Waals surface area contributed by atoms with Crippen LogP contribution in [-0.4, -0.2) is 24.9 Å². The highest BCUT2D eigenvalue weighted by Crippen LogP contribution is 2.48. The van der Waals surface area contributed by atoms with Gasteiger partial charge >= 0.3 is 0 Å². The van der Waals surface area contributed by atoms with Crippen molar-refractivity contribution in [1.82, 2.24) is 9.71 Å². The summed E-state index contributed by atoms with van der Waals surface area (Å²) in [6, 6.07) is 3.07. The van der Waals surface area contributed by atoms with Crippen LogP contribution in [0.3, 0.4) is 0 Å². The van der Waals surface area contributed by atoms with E-state index in [4.69, 9.17) is 18.0 Å². The number of thiocarbonyl (C=S) groups is 1. The van der Waals surface area contributed by atoms with Crippen molar-refractivity contribution in [2.45, 2.75) is 30.6 Å². The molecule has 0 amide bonds. The van der Waals surface area contributed by atoms with Crippen molar-refractivity contribution in [2.75, 3.05) is 6.54 Å². The Balaban J connectivity index is 1.74. The summed E-state index contributed by atoms with van der Waals surface area (Å²) >= 11 is 4.88. The van der Waals surface area contributed by atoms with Gasteiger partial charge in [0, 0.05) is 12.7 Å². The van der Waals surface area contributed by atoms with Gasteiger partial charge in [-0.2, -0.15) is 0 Å². The van der Waals surface area contributed by atoms with Gasteiger partial charge in [0.25, 0.3) is 0 Å². The van der Waals surface area contributed by atoms with E-state index in [-0.39, 0.29) is 15.6 Å². The second-order valence-electron chi connectivity index (χ2n) is 6.00. The zero-order valence-corrected chi connectivity index (χ0v) is 13.3. The van der Waals surface area contributed by atoms with Crippen molar-refractivity contribution in [3.63, 3.8) is 0 Å². The number of aromatic nitrogens is 1. The van der Waals surface area contributed by atoms with Crippen molar-refractivity contribution in [3.05, 3.63) is 24.0 Å². The van der Waals surface area contributed by atoms with Crippen LogP contribution in [0.25, 0.3) is 0 Å². The maximum absolute atomic E-state index is 12.5. The quantitative estimate of drug-likeness (QED) is 0.800. The zero-order chi connectivity index (χ0) is 15.0. The van der Waals surface area contributed by atoms with E-state index in [1.807, 2.05) is 0 Å². The number of sulfonamides is 1. The maximum Gasteiger partial charge on any atom is 0.242 e. The van der Waals surface area contributed by atoms with E-state index in [9.17, 15) is 8.42 Å². The molecule has 114 valence electrons. The second kappa shape index (κ2) is 5.62. The maximum atomic E-state index is 12.5. The van der Waals surface area contributed by atoms with Crippen LogP contribution in [0.2, 0.25) is 0 Å². The Bertz CT molecular complexity index is 660. The monoisotopic (exact) mass is 325 g/mol. The fraction of sp³-hybridized carbons (Fsp3) is 0.571. The summed E-state index contributed by atoms with van der Waals surface area (Å²) in [7, 11) is -3.62. The van der Waals surface area contributed by atoms with Crippen LogP contribution in [0, 0.1) is 17.8 Å². The fourth-order valence-corrected chi connectivity index (χ4v) is 5.20. The third-order valence-electron chi connectivity index (χ3n) is 4.71. The normalized spacial score (nSPS) is 27.9. The predicted molar refractivity (Wildman–Crippen MR) is 84.3 cm³/mol. The number of fused-ring (bicyclic) bond motifs is 2. The average molecular weight is 325 g/mol. The van der Waals surface area contributed by atoms with Gasteiger partial charge in [-0.15, -0.1) is 0 Å². The number of rotatable bonds is 5. The average Bonchev–Trinajstić information content (AvgIpc) is 3.08. The van der Waals surface area contributed by atoms with Crippen molar-refractivity contribution in [2.24, 2.45) is 23.5 Å². The van der Waals surface area contributed by atoms with E-state index in [2.05, 4.69) is 9.71 Å². The van der Waals surface area contributed by atoms with Gasteiger partial charge in [0.15, 0.2) is 0 Å². The van der Waals surface area contributed by atoms with Gasteiger partial charge in [-0.1, -0.05) is 18.6 Å². The standard InChI is InChI=1S/C14H19N3O2S2/c15-14(20)13-12(2-1-5-16-13)21(18,19)17-8-11-7-9-3-4-10(11)6-9/h1-2,5,9-11,17H,3-4,6-8H2,(H2,15,20). The SMILES string of the molecule is NC(=S)c1ncccc1S(=O)(=O)NCC1CC2CCC1C2. The van der Waals surface area contributed by atoms with Gasteiger partial charge in [0.05, 0.1) is 0 Å². The van der Waals surface area contributed by atoms with E-state index in [0.29, 0.717) is 18.4 Å². The molecule has 5 nitrogen and oxygen atoms in total. The van der Waals surface area contributed by atoms with Crippen LogP contribution in [0.5, 0.6) is 0 Å². The molecule has 2 saturated carbocycles. The zero-order valence-electron chi connectivity index (χ0n) is 11.7. The topological polar surface area (TPSA) is 85.1 Å². The second-order valence-corrected chi connectivity index (χ2v) is 8.18. The molecule has 1 aromatic rings. The first kappa shape index (κ1) is 14.9. The van der Waals surface area contributed by atoms with Crippen molar-refractivity contribution >= 4 is 27.2 Å². The minimum absolute atomic E-state index is 0.00380. The van der Waals surface area contributed by atoms with Gasteiger partial charge in [-0.25, -0.2) is 13.1 Å². The summed E-state index contributed by atoms with van der Waals surface area (Å²) < 4.78 is 27.6. The molecule has 0 aliphatic heterocycles. The minimum atomic E-state index is -3.62. The molecule has 3 atom stereocenters. The Kier molecular flexibility index (Phi) is 3.98. The fourth-order valence-electron chi connectivity index (χ4n) is 3.71. The van der Waals surface area contributed by atoms with Crippen LogP contribution in [-0.2, 0) is 10.0 Å². The summed E-state index contributed by atoms with van der Waals surface area (Å²) in [5.74, 6) is 1.94. The molecule has 3 rings (SSSR count). The number of pyridine rings is 1. The highest BCUT2D eigenvalue weighted by Gasteiger charge is 2.39. The summed E-state index contributed by atoms with van der Waals surface area (Å²) in [4.78, 5) is 4.04. The lowest BCUT2D eigenvalue weighted by molar-refractivity contribution is 0.333. The van der Waals surface area contributed by atoms with Crippen LogP contribution in [0.4, 0.5) is 0 Å². The lowest BCUT2D eigenvalue weighted by Gasteiger charge is -2.22. The smallest absolute Gasteiger partial charge is 0.242 e. The highest BCUT2D eigenvalue weighted by molar-refractivity contribution is 7.89. The first-order chi connectivity index (χ1) is 9.97. The lowest BCUT2D eigenvalue weighted by atomic mass is 9.89. The van der Waals surface area contributed by atoms with Gasteiger partial charge in [0.1, 0.15) is 15.6 Å². The molecule has 7 heteroatoms. The van der Waals surface area contributed by atoms with Gasteiger partial charge < -0.3 is 5.73 Å². The molecule has 2 fully saturated rings. The molecular weight excluding hydrogens is 306 g/mol. The molecule has 0 radical (unpaired) electrons. The number of hydrogen-bond acceptors (Lipinski definition) is 4. The van der Waals surface area contributed by atoms with Crippen LogP contribution in [0.1, 0.15) is 31.4 Å². The lowest BCUT2D eigenvalue weighted by Crippen LogP contribution is -2.33. The Morgan fingerprint density at radius 2 is 2.24 bits per heavy atom. The van der Waals surface area contributed by atoms with E-state index >= 15 is 0 Å². The number of nitrogens with one attached hydrogen (secondary N) is 1. The molecule has 2 aliphatic carbocycles. The van der Waals surface area contributed by atoms with Crippen molar-refractivity contribution in [1.29, 1.82) is 0 Å². The summed E-state index contributed by atoms with van der Waals surface area (Å²) in [6.07, 6.45) is 6.44.